The van der Waals surface area contributed by atoms with Gasteiger partial charge in [-0.25, -0.2) is 0 Å². The Morgan fingerprint density at radius 3 is 2.10 bits per heavy atom. The fourth-order valence-electron chi connectivity index (χ4n) is 4.14. The average molecular weight is 405 g/mol. The van der Waals surface area contributed by atoms with Crippen molar-refractivity contribution >= 4 is 11.8 Å². The van der Waals surface area contributed by atoms with Crippen molar-refractivity contribution in [1.82, 2.24) is 0 Å². The summed E-state index contributed by atoms with van der Waals surface area (Å²) in [6.07, 6.45) is -1.15. The van der Waals surface area contributed by atoms with E-state index in [1.54, 1.807) is 11.8 Å². The summed E-state index contributed by atoms with van der Waals surface area (Å²) < 4.78 is 5.99. The first-order chi connectivity index (χ1) is 13.8. The van der Waals surface area contributed by atoms with Crippen LogP contribution in [0.25, 0.3) is 0 Å². The quantitative estimate of drug-likeness (QED) is 0.546. The van der Waals surface area contributed by atoms with Gasteiger partial charge >= 0.3 is 0 Å². The highest BCUT2D eigenvalue weighted by Gasteiger charge is 2.33. The van der Waals surface area contributed by atoms with Gasteiger partial charge in [-0.15, -0.1) is 0 Å². The van der Waals surface area contributed by atoms with Crippen molar-refractivity contribution in [2.45, 2.75) is 55.4 Å². The normalized spacial score (nSPS) is 16.6. The van der Waals surface area contributed by atoms with E-state index in [9.17, 15) is 0 Å². The molecule has 2 unspecified atom stereocenters. The molecule has 1 aliphatic rings. The first kappa shape index (κ1) is 20.2. The molecular weight excluding hydrogens is 376 g/mol. The summed E-state index contributed by atoms with van der Waals surface area (Å²) in [6.45, 7) is 8.67. The summed E-state index contributed by atoms with van der Waals surface area (Å²) in [7, 11) is 0. The van der Waals surface area contributed by atoms with Crippen molar-refractivity contribution in [2.75, 3.05) is 0 Å². The van der Waals surface area contributed by atoms with Crippen molar-refractivity contribution in [3.8, 4) is 0 Å². The molecule has 1 heterocycles. The maximum absolute atomic E-state index is 6.39. The van der Waals surface area contributed by atoms with E-state index in [1.807, 2.05) is 12.1 Å². The van der Waals surface area contributed by atoms with Gasteiger partial charge in [0.05, 0.1) is 0 Å². The van der Waals surface area contributed by atoms with Crippen LogP contribution in [0.2, 0.25) is 0 Å². The van der Waals surface area contributed by atoms with E-state index in [0.29, 0.717) is 0 Å². The van der Waals surface area contributed by atoms with E-state index >= 15 is 0 Å². The monoisotopic (exact) mass is 404 g/mol. The molecule has 3 aromatic rings. The minimum atomic E-state index is -0.586. The zero-order chi connectivity index (χ0) is 20.8. The van der Waals surface area contributed by atoms with Gasteiger partial charge in [-0.3, -0.25) is 0 Å². The zero-order valence-corrected chi connectivity index (χ0v) is 18.2. The maximum Gasteiger partial charge on any atom is 0.134 e. The van der Waals surface area contributed by atoms with Crippen molar-refractivity contribution in [3.63, 3.8) is 0 Å². The summed E-state index contributed by atoms with van der Waals surface area (Å²) in [5, 5.41) is 0. The lowest BCUT2D eigenvalue weighted by atomic mass is 9.77. The molecule has 0 saturated heterocycles. The number of fused-ring (bicyclic) bond motifs is 2. The highest BCUT2D eigenvalue weighted by molar-refractivity contribution is 7.99. The van der Waals surface area contributed by atoms with Gasteiger partial charge in [0.15, 0.2) is 0 Å². The highest BCUT2D eigenvalue weighted by Crippen LogP contribution is 2.49. The third-order valence-electron chi connectivity index (χ3n) is 5.65. The molecule has 4 N–H and O–H groups in total. The molecule has 2 atom stereocenters. The molecule has 0 bridgehead atoms. The van der Waals surface area contributed by atoms with E-state index < -0.39 is 12.5 Å². The van der Waals surface area contributed by atoms with E-state index in [0.717, 1.165) is 11.1 Å². The molecular formula is C25H28N2OS. The smallest absolute Gasteiger partial charge is 0.134 e. The first-order valence-corrected chi connectivity index (χ1v) is 10.7. The second kappa shape index (κ2) is 7.62. The molecule has 0 saturated carbocycles. The Morgan fingerprint density at radius 2 is 1.38 bits per heavy atom. The average Bonchev–Trinajstić information content (AvgIpc) is 2.67. The molecule has 4 rings (SSSR count). The molecule has 1 aliphatic heterocycles. The van der Waals surface area contributed by atoms with Crippen LogP contribution in [0.4, 0.5) is 0 Å². The largest absolute Gasteiger partial charge is 0.337 e. The third kappa shape index (κ3) is 3.86. The Bertz CT molecular complexity index is 1040. The Morgan fingerprint density at radius 1 is 0.759 bits per heavy atom. The maximum atomic E-state index is 6.39. The van der Waals surface area contributed by atoms with Crippen molar-refractivity contribution in [2.24, 2.45) is 11.5 Å². The summed E-state index contributed by atoms with van der Waals surface area (Å²) in [4.78, 5) is 2.52. The number of hydrogen-bond acceptors (Lipinski definition) is 4. The molecule has 4 heteroatoms. The Balaban J connectivity index is 1.59. The number of rotatable bonds is 4. The second-order valence-electron chi connectivity index (χ2n) is 8.38. The Labute approximate surface area is 177 Å². The van der Waals surface area contributed by atoms with Gasteiger partial charge in [0.1, 0.15) is 12.5 Å². The van der Waals surface area contributed by atoms with Gasteiger partial charge in [0, 0.05) is 15.2 Å². The molecule has 150 valence electrons. The molecule has 0 amide bonds. The standard InChI is InChI=1S/C25H28N2OS/c1-15-11-16(2)13-18(12-15)24(27)28-23(26)17-9-10-20-22(14-17)29-21-8-6-5-7-19(21)25(20,3)4/h5-14,23-24H,26-27H2,1-4H3. The topological polar surface area (TPSA) is 61.3 Å². The fourth-order valence-corrected chi connectivity index (χ4v) is 5.59. The molecule has 29 heavy (non-hydrogen) atoms. The van der Waals surface area contributed by atoms with Crippen molar-refractivity contribution < 1.29 is 4.74 Å². The van der Waals surface area contributed by atoms with Crippen LogP contribution in [0.5, 0.6) is 0 Å². The molecule has 0 fully saturated rings. The van der Waals surface area contributed by atoms with Gasteiger partial charge in [-0.05, 0) is 48.2 Å². The van der Waals surface area contributed by atoms with Gasteiger partial charge < -0.3 is 16.2 Å². The zero-order valence-electron chi connectivity index (χ0n) is 17.4. The number of aryl methyl sites for hydroxylation is 2. The predicted octanol–water partition coefficient (Wildman–Crippen LogP) is 5.73. The lowest BCUT2D eigenvalue weighted by molar-refractivity contribution is -0.00849. The van der Waals surface area contributed by atoms with Crippen LogP contribution in [0.3, 0.4) is 0 Å². The second-order valence-corrected chi connectivity index (χ2v) is 9.46. The van der Waals surface area contributed by atoms with E-state index in [2.05, 4.69) is 76.2 Å². The summed E-state index contributed by atoms with van der Waals surface area (Å²) in [5.74, 6) is 0. The lowest BCUT2D eigenvalue weighted by Crippen LogP contribution is -2.25. The Kier molecular flexibility index (Phi) is 5.30. The molecule has 0 aliphatic carbocycles. The minimum absolute atomic E-state index is 0.0455. The minimum Gasteiger partial charge on any atom is -0.337 e. The SMILES string of the molecule is Cc1cc(C)cc(C(N)OC(N)c2ccc3c(c2)Sc2ccccc2C3(C)C)c1. The van der Waals surface area contributed by atoms with Crippen LogP contribution in [-0.2, 0) is 10.2 Å². The predicted molar refractivity (Wildman–Crippen MR) is 120 cm³/mol. The number of benzene rings is 3. The summed E-state index contributed by atoms with van der Waals surface area (Å²) >= 11 is 1.79. The van der Waals surface area contributed by atoms with Crippen LogP contribution in [-0.4, -0.2) is 0 Å². The van der Waals surface area contributed by atoms with Crippen LogP contribution in [0.15, 0.2) is 70.5 Å². The van der Waals surface area contributed by atoms with E-state index in [-0.39, 0.29) is 5.41 Å². The summed E-state index contributed by atoms with van der Waals surface area (Å²) in [6, 6.07) is 21.2. The van der Waals surface area contributed by atoms with Crippen LogP contribution in [0.1, 0.15) is 59.7 Å². The third-order valence-corrected chi connectivity index (χ3v) is 6.79. The van der Waals surface area contributed by atoms with Gasteiger partial charge in [0.2, 0.25) is 0 Å². The van der Waals surface area contributed by atoms with Gasteiger partial charge in [-0.2, -0.15) is 0 Å². The fraction of sp³-hybridized carbons (Fsp3) is 0.280. The molecule has 0 aromatic heterocycles. The molecule has 0 radical (unpaired) electrons. The van der Waals surface area contributed by atoms with Crippen LogP contribution in [0, 0.1) is 13.8 Å². The molecule has 3 aromatic carbocycles. The lowest BCUT2D eigenvalue weighted by Gasteiger charge is -2.35. The number of hydrogen-bond donors (Lipinski definition) is 2. The highest BCUT2D eigenvalue weighted by atomic mass is 32.2. The van der Waals surface area contributed by atoms with Crippen molar-refractivity contribution in [1.29, 1.82) is 0 Å². The first-order valence-electron chi connectivity index (χ1n) is 9.92. The van der Waals surface area contributed by atoms with E-state index in [1.165, 1.54) is 32.0 Å². The van der Waals surface area contributed by atoms with Gasteiger partial charge in [-0.1, -0.05) is 85.3 Å². The molecule has 3 nitrogen and oxygen atoms in total. The Hall–Kier alpha value is -2.11. The van der Waals surface area contributed by atoms with Crippen molar-refractivity contribution in [3.05, 3.63) is 94.0 Å². The number of ether oxygens (including phenoxy) is 1. The van der Waals surface area contributed by atoms with Crippen LogP contribution >= 0.6 is 11.8 Å². The molecule has 0 spiro atoms. The number of nitrogens with two attached hydrogens (primary N) is 2. The van der Waals surface area contributed by atoms with Gasteiger partial charge in [0.25, 0.3) is 0 Å². The van der Waals surface area contributed by atoms with E-state index in [4.69, 9.17) is 16.2 Å². The van der Waals surface area contributed by atoms with Crippen LogP contribution < -0.4 is 11.5 Å². The summed E-state index contributed by atoms with van der Waals surface area (Å²) in [5.41, 5.74) is 19.5.